The highest BCUT2D eigenvalue weighted by atomic mass is 127. The molecule has 1 fully saturated rings. The number of rotatable bonds is 7. The topological polar surface area (TPSA) is 65.7 Å². The van der Waals surface area contributed by atoms with Crippen LogP contribution in [0.3, 0.4) is 0 Å². The number of aromatic nitrogens is 1. The fourth-order valence-corrected chi connectivity index (χ4v) is 3.76. The third-order valence-corrected chi connectivity index (χ3v) is 5.43. The van der Waals surface area contributed by atoms with E-state index in [9.17, 15) is 0 Å². The van der Waals surface area contributed by atoms with E-state index in [0.29, 0.717) is 12.4 Å². The van der Waals surface area contributed by atoms with Gasteiger partial charge in [0.1, 0.15) is 0 Å². The van der Waals surface area contributed by atoms with E-state index in [4.69, 9.17) is 4.42 Å². The van der Waals surface area contributed by atoms with E-state index in [1.54, 1.807) is 13.2 Å². The van der Waals surface area contributed by atoms with Crippen LogP contribution in [0.25, 0.3) is 11.3 Å². The van der Waals surface area contributed by atoms with Gasteiger partial charge in [0.25, 0.3) is 0 Å². The molecule has 7 heteroatoms. The first-order chi connectivity index (χ1) is 13.7. The van der Waals surface area contributed by atoms with E-state index in [1.807, 2.05) is 0 Å². The fraction of sp³-hybridized carbons (Fsp3) is 0.545. The highest BCUT2D eigenvalue weighted by Crippen LogP contribution is 2.21. The minimum Gasteiger partial charge on any atom is -0.439 e. The van der Waals surface area contributed by atoms with Crippen molar-refractivity contribution in [2.24, 2.45) is 4.99 Å². The third-order valence-electron chi connectivity index (χ3n) is 5.43. The zero-order valence-electron chi connectivity index (χ0n) is 17.8. The van der Waals surface area contributed by atoms with Gasteiger partial charge in [-0.1, -0.05) is 43.2 Å². The summed E-state index contributed by atoms with van der Waals surface area (Å²) in [5, 5.41) is 6.69. The number of hydrogen-bond donors (Lipinski definition) is 2. The van der Waals surface area contributed by atoms with Crippen molar-refractivity contribution in [1.82, 2.24) is 20.5 Å². The lowest BCUT2D eigenvalue weighted by molar-refractivity contribution is 0.147. The van der Waals surface area contributed by atoms with E-state index in [1.165, 1.54) is 37.8 Å². The summed E-state index contributed by atoms with van der Waals surface area (Å²) in [6.45, 7) is 8.02. The predicted molar refractivity (Wildman–Crippen MR) is 130 cm³/mol. The predicted octanol–water partition coefficient (Wildman–Crippen LogP) is 4.20. The smallest absolute Gasteiger partial charge is 0.214 e. The van der Waals surface area contributed by atoms with Crippen molar-refractivity contribution in [3.05, 3.63) is 41.9 Å². The number of aryl methyl sites for hydroxylation is 1. The minimum absolute atomic E-state index is 0. The molecule has 1 aromatic heterocycles. The normalized spacial score (nSPS) is 17.6. The quantitative estimate of drug-likeness (QED) is 0.332. The van der Waals surface area contributed by atoms with Crippen LogP contribution in [0.5, 0.6) is 0 Å². The van der Waals surface area contributed by atoms with Crippen molar-refractivity contribution >= 4 is 29.9 Å². The van der Waals surface area contributed by atoms with Gasteiger partial charge in [0.15, 0.2) is 11.7 Å². The summed E-state index contributed by atoms with van der Waals surface area (Å²) in [4.78, 5) is 11.3. The number of benzene rings is 1. The van der Waals surface area contributed by atoms with E-state index >= 15 is 0 Å². The molecule has 2 aromatic rings. The number of oxazole rings is 1. The summed E-state index contributed by atoms with van der Waals surface area (Å²) in [7, 11) is 1.79. The third kappa shape index (κ3) is 6.99. The molecule has 3 rings (SSSR count). The number of halogens is 1. The monoisotopic (exact) mass is 511 g/mol. The Morgan fingerprint density at radius 1 is 1.24 bits per heavy atom. The van der Waals surface area contributed by atoms with Crippen LogP contribution < -0.4 is 10.6 Å². The fourth-order valence-electron chi connectivity index (χ4n) is 3.76. The Labute approximate surface area is 191 Å². The first-order valence-electron chi connectivity index (χ1n) is 10.4. The van der Waals surface area contributed by atoms with Crippen LogP contribution in [0.2, 0.25) is 0 Å². The van der Waals surface area contributed by atoms with Crippen LogP contribution >= 0.6 is 24.0 Å². The average Bonchev–Trinajstić information content (AvgIpc) is 3.20. The van der Waals surface area contributed by atoms with E-state index in [0.717, 1.165) is 36.4 Å². The molecule has 1 saturated heterocycles. The van der Waals surface area contributed by atoms with Gasteiger partial charge < -0.3 is 15.1 Å². The Morgan fingerprint density at radius 3 is 2.76 bits per heavy atom. The van der Waals surface area contributed by atoms with Gasteiger partial charge in [0, 0.05) is 31.7 Å². The van der Waals surface area contributed by atoms with Crippen molar-refractivity contribution < 1.29 is 4.42 Å². The number of nitrogens with one attached hydrogen (secondary N) is 2. The summed E-state index contributed by atoms with van der Waals surface area (Å²) in [6.07, 6.45) is 7.03. The van der Waals surface area contributed by atoms with Gasteiger partial charge in [-0.25, -0.2) is 4.98 Å². The van der Waals surface area contributed by atoms with Crippen molar-refractivity contribution in [1.29, 1.82) is 0 Å². The number of guanidine groups is 1. The van der Waals surface area contributed by atoms with Crippen molar-refractivity contribution in [2.45, 2.75) is 52.1 Å². The molecular weight excluding hydrogens is 477 g/mol. The first kappa shape index (κ1) is 23.7. The molecule has 0 radical (unpaired) electrons. The van der Waals surface area contributed by atoms with Crippen LogP contribution in [0, 0.1) is 6.92 Å². The van der Waals surface area contributed by atoms with Crippen molar-refractivity contribution in [2.75, 3.05) is 26.7 Å². The molecule has 6 nitrogen and oxygen atoms in total. The molecule has 2 heterocycles. The summed E-state index contributed by atoms with van der Waals surface area (Å²) in [6, 6.07) is 8.99. The van der Waals surface area contributed by atoms with Crippen molar-refractivity contribution in [3.8, 4) is 11.3 Å². The number of aliphatic imine (C=N–C) groups is 1. The molecule has 1 unspecified atom stereocenters. The van der Waals surface area contributed by atoms with Crippen LogP contribution in [-0.2, 0) is 6.54 Å². The maximum Gasteiger partial charge on any atom is 0.214 e. The van der Waals surface area contributed by atoms with Crippen molar-refractivity contribution in [3.63, 3.8) is 0 Å². The standard InChI is InChI=1S/C22H33N5O.HI/c1-4-19-7-5-6-13-27(19)14-12-24-22(23-3)26-16-21-25-15-20(28-21)18-10-8-17(2)9-11-18;/h8-11,15,19H,4-7,12-14,16H2,1-3H3,(H2,23,24,26);1H. The van der Waals surface area contributed by atoms with Crippen LogP contribution in [0.1, 0.15) is 44.1 Å². The van der Waals surface area contributed by atoms with Gasteiger partial charge in [0.2, 0.25) is 5.89 Å². The van der Waals surface area contributed by atoms with Crippen LogP contribution in [0.4, 0.5) is 0 Å². The number of likely N-dealkylation sites (tertiary alicyclic amines) is 1. The lowest BCUT2D eigenvalue weighted by Gasteiger charge is -2.35. The van der Waals surface area contributed by atoms with E-state index in [2.05, 4.69) is 63.6 Å². The molecule has 29 heavy (non-hydrogen) atoms. The summed E-state index contributed by atoms with van der Waals surface area (Å²) < 4.78 is 5.87. The van der Waals surface area contributed by atoms with Gasteiger partial charge in [-0.05, 0) is 32.7 Å². The maximum absolute atomic E-state index is 5.87. The Hall–Kier alpha value is -1.61. The molecule has 0 saturated carbocycles. The highest BCUT2D eigenvalue weighted by Gasteiger charge is 2.20. The van der Waals surface area contributed by atoms with Gasteiger partial charge in [0.05, 0.1) is 12.7 Å². The molecule has 1 aromatic carbocycles. The van der Waals surface area contributed by atoms with E-state index in [-0.39, 0.29) is 24.0 Å². The molecule has 0 bridgehead atoms. The number of hydrogen-bond acceptors (Lipinski definition) is 4. The molecule has 1 aliphatic rings. The SMILES string of the molecule is CCC1CCCCN1CCNC(=NC)NCc1ncc(-c2ccc(C)cc2)o1.I. The lowest BCUT2D eigenvalue weighted by atomic mass is 10.0. The van der Waals surface area contributed by atoms with Crippen LogP contribution in [-0.4, -0.2) is 48.6 Å². The Bertz CT molecular complexity index is 759. The second kappa shape index (κ2) is 12.2. The zero-order chi connectivity index (χ0) is 19.8. The average molecular weight is 511 g/mol. The van der Waals surface area contributed by atoms with Gasteiger partial charge in [-0.3, -0.25) is 9.89 Å². The molecule has 0 aliphatic carbocycles. The second-order valence-corrected chi connectivity index (χ2v) is 7.43. The Morgan fingerprint density at radius 2 is 2.03 bits per heavy atom. The van der Waals surface area contributed by atoms with E-state index < -0.39 is 0 Å². The second-order valence-electron chi connectivity index (χ2n) is 7.43. The minimum atomic E-state index is 0. The molecule has 1 aliphatic heterocycles. The summed E-state index contributed by atoms with van der Waals surface area (Å²) >= 11 is 0. The summed E-state index contributed by atoms with van der Waals surface area (Å²) in [5.41, 5.74) is 2.27. The first-order valence-corrected chi connectivity index (χ1v) is 10.4. The van der Waals surface area contributed by atoms with Gasteiger partial charge in [-0.15, -0.1) is 24.0 Å². The molecule has 2 N–H and O–H groups in total. The molecule has 0 spiro atoms. The lowest BCUT2D eigenvalue weighted by Crippen LogP contribution is -2.45. The molecule has 160 valence electrons. The summed E-state index contributed by atoms with van der Waals surface area (Å²) in [5.74, 6) is 2.22. The maximum atomic E-state index is 5.87. The molecule has 1 atom stereocenters. The zero-order valence-corrected chi connectivity index (χ0v) is 20.1. The number of nitrogens with zero attached hydrogens (tertiary/aromatic N) is 3. The number of piperidine rings is 1. The largest absolute Gasteiger partial charge is 0.439 e. The molecule has 0 amide bonds. The Kier molecular flexibility index (Phi) is 9.93. The molecular formula is C22H34IN5O. The van der Waals surface area contributed by atoms with Gasteiger partial charge >= 0.3 is 0 Å². The van der Waals surface area contributed by atoms with Crippen LogP contribution in [0.15, 0.2) is 39.9 Å². The van der Waals surface area contributed by atoms with Gasteiger partial charge in [-0.2, -0.15) is 0 Å². The highest BCUT2D eigenvalue weighted by molar-refractivity contribution is 14.0. The Balaban J connectivity index is 0.00000300.